The highest BCUT2D eigenvalue weighted by Gasteiger charge is 2.64. The van der Waals surface area contributed by atoms with Crippen molar-refractivity contribution >= 4 is 43.2 Å². The zero-order valence-electron chi connectivity index (χ0n) is 17.3. The lowest BCUT2D eigenvalue weighted by atomic mass is 9.91. The standard InChI is InChI=1S/C24H18BrNO6S/c1-31-16-12-10-15(11-13-16)18-14-22(27)32-24(18)23(28)17-6-2-4-8-20(17)26(24)33(29,30)21-9-5-3-7-19(21)25/h2-14,23,28H,1H3/t23-,24-/m0/s1. The molecule has 0 saturated carbocycles. The normalized spacial score (nSPS) is 21.7. The van der Waals surface area contributed by atoms with Gasteiger partial charge in [-0.25, -0.2) is 17.5 Å². The van der Waals surface area contributed by atoms with Crippen molar-refractivity contribution in [2.24, 2.45) is 0 Å². The lowest BCUT2D eigenvalue weighted by molar-refractivity contribution is -0.151. The second kappa shape index (κ2) is 7.72. The number of fused-ring (bicyclic) bond motifs is 1. The maximum absolute atomic E-state index is 14.1. The maximum Gasteiger partial charge on any atom is 0.333 e. The van der Waals surface area contributed by atoms with Crippen LogP contribution < -0.4 is 9.04 Å². The van der Waals surface area contributed by atoms with E-state index in [1.165, 1.54) is 19.3 Å². The summed E-state index contributed by atoms with van der Waals surface area (Å²) in [6, 6.07) is 19.7. The molecule has 2 aliphatic heterocycles. The number of carbonyl (C=O) groups is 1. The van der Waals surface area contributed by atoms with Crippen molar-refractivity contribution < 1.29 is 27.8 Å². The van der Waals surface area contributed by atoms with Gasteiger partial charge in [0, 0.05) is 21.7 Å². The fourth-order valence-corrected chi connectivity index (χ4v) is 7.02. The molecule has 0 aliphatic carbocycles. The van der Waals surface area contributed by atoms with E-state index in [0.717, 1.165) is 4.31 Å². The highest BCUT2D eigenvalue weighted by molar-refractivity contribution is 9.10. The lowest BCUT2D eigenvalue weighted by Gasteiger charge is -2.38. The first kappa shape index (κ1) is 21.7. The Labute approximate surface area is 199 Å². The number of hydrogen-bond donors (Lipinski definition) is 1. The predicted molar refractivity (Wildman–Crippen MR) is 125 cm³/mol. The number of esters is 1. The highest BCUT2D eigenvalue weighted by Crippen LogP contribution is 2.57. The van der Waals surface area contributed by atoms with E-state index in [0.29, 0.717) is 21.3 Å². The Bertz CT molecular complexity index is 1400. The van der Waals surface area contributed by atoms with E-state index in [2.05, 4.69) is 15.9 Å². The average Bonchev–Trinajstić information content (AvgIpc) is 3.28. The minimum absolute atomic E-state index is 0.0229. The van der Waals surface area contributed by atoms with E-state index in [4.69, 9.17) is 9.47 Å². The van der Waals surface area contributed by atoms with Crippen LogP contribution >= 0.6 is 15.9 Å². The van der Waals surface area contributed by atoms with Gasteiger partial charge in [0.25, 0.3) is 15.7 Å². The van der Waals surface area contributed by atoms with Gasteiger partial charge in [0.2, 0.25) is 0 Å². The zero-order chi connectivity index (χ0) is 23.4. The first-order valence-electron chi connectivity index (χ1n) is 9.97. The summed E-state index contributed by atoms with van der Waals surface area (Å²) in [6.45, 7) is 0. The highest BCUT2D eigenvalue weighted by atomic mass is 79.9. The van der Waals surface area contributed by atoms with Crippen molar-refractivity contribution in [2.45, 2.75) is 16.7 Å². The van der Waals surface area contributed by atoms with Crippen LogP contribution in [0.2, 0.25) is 0 Å². The van der Waals surface area contributed by atoms with Gasteiger partial charge in [-0.3, -0.25) is 0 Å². The monoisotopic (exact) mass is 527 g/mol. The van der Waals surface area contributed by atoms with Gasteiger partial charge in [0.05, 0.1) is 12.8 Å². The second-order valence-electron chi connectivity index (χ2n) is 7.57. The van der Waals surface area contributed by atoms with Crippen molar-refractivity contribution in [1.29, 1.82) is 0 Å². The molecule has 9 heteroatoms. The molecule has 7 nitrogen and oxygen atoms in total. The molecule has 0 unspecified atom stereocenters. The van der Waals surface area contributed by atoms with Crippen molar-refractivity contribution in [3.8, 4) is 5.75 Å². The van der Waals surface area contributed by atoms with Gasteiger partial charge in [-0.15, -0.1) is 0 Å². The Kier molecular flexibility index (Phi) is 5.08. The topological polar surface area (TPSA) is 93.1 Å². The average molecular weight is 528 g/mol. The number of aliphatic hydroxyl groups is 1. The summed E-state index contributed by atoms with van der Waals surface area (Å²) in [6.07, 6.45) is -0.231. The fourth-order valence-electron chi connectivity index (χ4n) is 4.34. The Balaban J connectivity index is 1.78. The summed E-state index contributed by atoms with van der Waals surface area (Å²) < 4.78 is 40.4. The van der Waals surface area contributed by atoms with Crippen LogP contribution in [-0.4, -0.2) is 32.3 Å². The molecule has 3 aromatic carbocycles. The maximum atomic E-state index is 14.1. The van der Waals surface area contributed by atoms with Gasteiger partial charge in [-0.05, 0) is 51.8 Å². The van der Waals surface area contributed by atoms with Crippen LogP contribution in [0, 0.1) is 0 Å². The largest absolute Gasteiger partial charge is 0.497 e. The molecule has 0 fully saturated rings. The minimum Gasteiger partial charge on any atom is -0.497 e. The Morgan fingerprint density at radius 1 is 1.03 bits per heavy atom. The Hall–Kier alpha value is -3.14. The molecule has 0 saturated heterocycles. The number of benzene rings is 3. The summed E-state index contributed by atoms with van der Waals surface area (Å²) >= 11 is 3.31. The molecule has 0 aromatic heterocycles. The summed E-state index contributed by atoms with van der Waals surface area (Å²) in [5.74, 6) is -0.161. The van der Waals surface area contributed by atoms with Crippen LogP contribution in [0.3, 0.4) is 0 Å². The van der Waals surface area contributed by atoms with E-state index >= 15 is 0 Å². The van der Waals surface area contributed by atoms with Crippen molar-refractivity contribution in [3.05, 3.63) is 94.5 Å². The van der Waals surface area contributed by atoms with Crippen LogP contribution in [0.25, 0.3) is 5.57 Å². The number of carbonyl (C=O) groups excluding carboxylic acids is 1. The third kappa shape index (κ3) is 3.11. The van der Waals surface area contributed by atoms with Crippen LogP contribution in [0.15, 0.2) is 88.2 Å². The van der Waals surface area contributed by atoms with Crippen molar-refractivity contribution in [2.75, 3.05) is 11.4 Å². The molecule has 168 valence electrons. The number of ether oxygens (including phenoxy) is 2. The van der Waals surface area contributed by atoms with Crippen LogP contribution in [0.5, 0.6) is 5.75 Å². The number of halogens is 1. The summed E-state index contributed by atoms with van der Waals surface area (Å²) in [5, 5.41) is 11.5. The number of rotatable bonds is 4. The third-order valence-corrected chi connectivity index (χ3v) is 8.60. The number of anilines is 1. The van der Waals surface area contributed by atoms with E-state index in [-0.39, 0.29) is 16.2 Å². The van der Waals surface area contributed by atoms with Crippen LogP contribution in [-0.2, 0) is 19.6 Å². The number of sulfonamides is 1. The van der Waals surface area contributed by atoms with E-state index in [1.54, 1.807) is 66.7 Å². The van der Waals surface area contributed by atoms with Crippen molar-refractivity contribution in [3.63, 3.8) is 0 Å². The number of hydrogen-bond acceptors (Lipinski definition) is 6. The number of para-hydroxylation sites is 1. The number of nitrogens with zero attached hydrogens (tertiary/aromatic N) is 1. The molecule has 2 atom stereocenters. The molecule has 2 aliphatic rings. The fraction of sp³-hybridized carbons (Fsp3) is 0.125. The Morgan fingerprint density at radius 2 is 1.70 bits per heavy atom. The number of aliphatic hydroxyl groups excluding tert-OH is 1. The summed E-state index contributed by atoms with van der Waals surface area (Å²) in [7, 11) is -2.77. The SMILES string of the molecule is COc1ccc(C2=CC(=O)O[C@]23[C@@H](O)c2ccccc2N3S(=O)(=O)c2ccccc2Br)cc1. The van der Waals surface area contributed by atoms with Gasteiger partial charge in [-0.1, -0.05) is 42.5 Å². The molecular weight excluding hydrogens is 510 g/mol. The first-order chi connectivity index (χ1) is 15.8. The second-order valence-corrected chi connectivity index (χ2v) is 10.2. The first-order valence-corrected chi connectivity index (χ1v) is 12.2. The molecule has 0 bridgehead atoms. The van der Waals surface area contributed by atoms with Crippen molar-refractivity contribution in [1.82, 2.24) is 0 Å². The number of methoxy groups -OCH3 is 1. The van der Waals surface area contributed by atoms with Gasteiger partial charge in [0.1, 0.15) is 16.7 Å². The van der Waals surface area contributed by atoms with Gasteiger partial charge >= 0.3 is 5.97 Å². The molecular formula is C24H18BrNO6S. The quantitative estimate of drug-likeness (QED) is 0.514. The van der Waals surface area contributed by atoms with Gasteiger partial charge in [-0.2, -0.15) is 0 Å². The minimum atomic E-state index is -4.30. The molecule has 1 N–H and O–H groups in total. The predicted octanol–water partition coefficient (Wildman–Crippen LogP) is 4.04. The molecule has 0 radical (unpaired) electrons. The molecule has 3 aromatic rings. The Morgan fingerprint density at radius 3 is 2.39 bits per heavy atom. The molecule has 0 amide bonds. The van der Waals surface area contributed by atoms with Crippen LogP contribution in [0.1, 0.15) is 17.2 Å². The third-order valence-electron chi connectivity index (χ3n) is 5.78. The summed E-state index contributed by atoms with van der Waals surface area (Å²) in [5.41, 5.74) is -0.698. The van der Waals surface area contributed by atoms with E-state index < -0.39 is 27.8 Å². The zero-order valence-corrected chi connectivity index (χ0v) is 19.7. The van der Waals surface area contributed by atoms with E-state index in [1.807, 2.05) is 0 Å². The molecule has 2 heterocycles. The van der Waals surface area contributed by atoms with Gasteiger partial charge in [0.15, 0.2) is 0 Å². The molecule has 1 spiro atoms. The van der Waals surface area contributed by atoms with E-state index in [9.17, 15) is 18.3 Å². The summed E-state index contributed by atoms with van der Waals surface area (Å²) in [4.78, 5) is 12.6. The smallest absolute Gasteiger partial charge is 0.333 e. The molecule has 33 heavy (non-hydrogen) atoms. The van der Waals surface area contributed by atoms with Crippen LogP contribution in [0.4, 0.5) is 5.69 Å². The lowest BCUT2D eigenvalue weighted by Crippen LogP contribution is -2.53. The van der Waals surface area contributed by atoms with Gasteiger partial charge < -0.3 is 14.6 Å². The molecule has 5 rings (SSSR count).